The van der Waals surface area contributed by atoms with Crippen LogP contribution >= 0.6 is 11.5 Å². The van der Waals surface area contributed by atoms with Gasteiger partial charge in [-0.25, -0.2) is 12.7 Å². The average Bonchev–Trinajstić information content (AvgIpc) is 3.02. The lowest BCUT2D eigenvalue weighted by molar-refractivity contribution is -0.120. The minimum absolute atomic E-state index is 0.0726. The van der Waals surface area contributed by atoms with Crippen LogP contribution < -0.4 is 5.32 Å². The minimum Gasteiger partial charge on any atom is -0.326 e. The van der Waals surface area contributed by atoms with Crippen LogP contribution in [0.3, 0.4) is 0 Å². The van der Waals surface area contributed by atoms with Gasteiger partial charge in [0.05, 0.1) is 16.4 Å². The van der Waals surface area contributed by atoms with Crippen LogP contribution in [0.15, 0.2) is 24.4 Å². The van der Waals surface area contributed by atoms with Crippen LogP contribution in [0.2, 0.25) is 0 Å². The topological polar surface area (TPSA) is 79.4 Å². The maximum atomic E-state index is 12.5. The molecule has 124 valence electrons. The molecule has 1 fully saturated rings. The van der Waals surface area contributed by atoms with Crippen LogP contribution in [0, 0.1) is 5.92 Å². The Kier molecular flexibility index (Phi) is 4.65. The van der Waals surface area contributed by atoms with Gasteiger partial charge in [-0.2, -0.15) is 4.37 Å². The van der Waals surface area contributed by atoms with Gasteiger partial charge in [0.25, 0.3) is 0 Å². The van der Waals surface area contributed by atoms with Crippen LogP contribution in [0.1, 0.15) is 19.8 Å². The highest BCUT2D eigenvalue weighted by Crippen LogP contribution is 2.24. The van der Waals surface area contributed by atoms with Crippen LogP contribution in [0.25, 0.3) is 10.1 Å². The van der Waals surface area contributed by atoms with Crippen molar-refractivity contribution in [1.29, 1.82) is 0 Å². The van der Waals surface area contributed by atoms with Gasteiger partial charge in [-0.15, -0.1) is 0 Å². The Morgan fingerprint density at radius 2 is 2.30 bits per heavy atom. The number of carbonyl (C=O) groups is 1. The summed E-state index contributed by atoms with van der Waals surface area (Å²) in [5.41, 5.74) is 0.721. The van der Waals surface area contributed by atoms with Crippen LogP contribution in [0.5, 0.6) is 0 Å². The second kappa shape index (κ2) is 6.54. The van der Waals surface area contributed by atoms with E-state index in [-0.39, 0.29) is 24.1 Å². The van der Waals surface area contributed by atoms with E-state index in [1.807, 2.05) is 18.2 Å². The fraction of sp³-hybridized carbons (Fsp3) is 0.467. The zero-order valence-corrected chi connectivity index (χ0v) is 14.5. The zero-order valence-electron chi connectivity index (χ0n) is 12.9. The van der Waals surface area contributed by atoms with Gasteiger partial charge in [0.15, 0.2) is 0 Å². The number of nitrogens with zero attached hydrogens (tertiary/aromatic N) is 2. The number of hydrogen-bond acceptors (Lipinski definition) is 5. The summed E-state index contributed by atoms with van der Waals surface area (Å²) in [5.74, 6) is -0.353. The standard InChI is InChI=1S/C15H19N3O3S2/c1-2-23(20,21)18-7-3-4-11(10-18)15(19)17-13-5-6-14-12(8-13)9-16-22-14/h5-6,8-9,11H,2-4,7,10H2,1H3,(H,17,19)/t11-/m0/s1. The Morgan fingerprint density at radius 3 is 3.09 bits per heavy atom. The highest BCUT2D eigenvalue weighted by atomic mass is 32.2. The molecule has 1 aliphatic heterocycles. The lowest BCUT2D eigenvalue weighted by atomic mass is 9.98. The Hall–Kier alpha value is -1.51. The molecular formula is C15H19N3O3S2. The molecule has 0 unspecified atom stereocenters. The summed E-state index contributed by atoms with van der Waals surface area (Å²) in [7, 11) is -3.24. The number of carbonyl (C=O) groups excluding carboxylic acids is 1. The molecule has 1 aliphatic rings. The minimum atomic E-state index is -3.24. The van der Waals surface area contributed by atoms with Gasteiger partial charge in [0.1, 0.15) is 0 Å². The molecule has 0 saturated carbocycles. The molecule has 1 atom stereocenters. The van der Waals surface area contributed by atoms with Gasteiger partial charge in [-0.05, 0) is 49.5 Å². The van der Waals surface area contributed by atoms with E-state index in [4.69, 9.17) is 0 Å². The van der Waals surface area contributed by atoms with Gasteiger partial charge < -0.3 is 5.32 Å². The number of anilines is 1. The van der Waals surface area contributed by atoms with Gasteiger partial charge in [-0.1, -0.05) is 0 Å². The van der Waals surface area contributed by atoms with E-state index in [1.54, 1.807) is 13.1 Å². The molecule has 2 heterocycles. The number of sulfonamides is 1. The van der Waals surface area contributed by atoms with Gasteiger partial charge >= 0.3 is 0 Å². The first-order chi connectivity index (χ1) is 11.0. The zero-order chi connectivity index (χ0) is 16.4. The third kappa shape index (κ3) is 3.54. The van der Waals surface area contributed by atoms with Crippen molar-refractivity contribution in [2.45, 2.75) is 19.8 Å². The lowest BCUT2D eigenvalue weighted by Crippen LogP contribution is -2.44. The predicted molar refractivity (Wildman–Crippen MR) is 92.0 cm³/mol. The van der Waals surface area contributed by atoms with E-state index >= 15 is 0 Å². The highest BCUT2D eigenvalue weighted by Gasteiger charge is 2.31. The lowest BCUT2D eigenvalue weighted by Gasteiger charge is -2.30. The van der Waals surface area contributed by atoms with Crippen LogP contribution in [-0.2, 0) is 14.8 Å². The summed E-state index contributed by atoms with van der Waals surface area (Å²) in [4.78, 5) is 12.5. The molecule has 8 heteroatoms. The smallest absolute Gasteiger partial charge is 0.228 e. The number of aromatic nitrogens is 1. The third-order valence-corrected chi connectivity index (χ3v) is 6.76. The monoisotopic (exact) mass is 353 g/mol. The normalized spacial score (nSPS) is 19.8. The van der Waals surface area contributed by atoms with Gasteiger partial charge in [-0.3, -0.25) is 4.79 Å². The van der Waals surface area contributed by atoms with Gasteiger partial charge in [0.2, 0.25) is 15.9 Å². The molecule has 0 aliphatic carbocycles. The van der Waals surface area contributed by atoms with E-state index < -0.39 is 10.0 Å². The summed E-state index contributed by atoms with van der Waals surface area (Å²) in [5, 5.41) is 3.89. The molecule has 1 saturated heterocycles. The SMILES string of the molecule is CCS(=O)(=O)N1CCC[C@H](C(=O)Nc2ccc3sncc3c2)C1. The summed E-state index contributed by atoms with van der Waals surface area (Å²) in [6.07, 6.45) is 3.19. The van der Waals surface area contributed by atoms with E-state index in [1.165, 1.54) is 15.8 Å². The fourth-order valence-electron chi connectivity index (χ4n) is 2.79. The molecule has 1 aromatic carbocycles. The quantitative estimate of drug-likeness (QED) is 0.915. The second-order valence-corrected chi connectivity index (χ2v) is 8.76. The van der Waals surface area contributed by atoms with Crippen molar-refractivity contribution in [3.63, 3.8) is 0 Å². The number of nitrogens with one attached hydrogen (secondary N) is 1. The molecule has 23 heavy (non-hydrogen) atoms. The number of hydrogen-bond donors (Lipinski definition) is 1. The number of amides is 1. The van der Waals surface area contributed by atoms with E-state index in [0.717, 1.165) is 15.8 Å². The summed E-state index contributed by atoms with van der Waals surface area (Å²) in [6, 6.07) is 5.67. The Balaban J connectivity index is 1.70. The molecular weight excluding hydrogens is 334 g/mol. The summed E-state index contributed by atoms with van der Waals surface area (Å²) in [6.45, 7) is 2.40. The molecule has 0 radical (unpaired) electrons. The molecule has 0 bridgehead atoms. The van der Waals surface area contributed by atoms with E-state index in [9.17, 15) is 13.2 Å². The highest BCUT2D eigenvalue weighted by molar-refractivity contribution is 7.89. The molecule has 3 rings (SSSR count). The third-order valence-electron chi connectivity index (χ3n) is 4.13. The average molecular weight is 353 g/mol. The Labute approximate surface area is 139 Å². The molecule has 0 spiro atoms. The number of benzene rings is 1. The summed E-state index contributed by atoms with van der Waals surface area (Å²) < 4.78 is 30.6. The Morgan fingerprint density at radius 1 is 1.48 bits per heavy atom. The van der Waals surface area contributed by atoms with E-state index in [0.29, 0.717) is 19.4 Å². The van der Waals surface area contributed by atoms with Crippen molar-refractivity contribution >= 4 is 43.2 Å². The number of rotatable bonds is 4. The van der Waals surface area contributed by atoms with E-state index in [2.05, 4.69) is 9.69 Å². The van der Waals surface area contributed by atoms with Crippen molar-refractivity contribution < 1.29 is 13.2 Å². The fourth-order valence-corrected chi connectivity index (χ4v) is 4.59. The first-order valence-electron chi connectivity index (χ1n) is 7.63. The molecule has 1 amide bonds. The number of piperidine rings is 1. The predicted octanol–water partition coefficient (Wildman–Crippen LogP) is 2.30. The first kappa shape index (κ1) is 16.4. The second-order valence-electron chi connectivity index (χ2n) is 5.67. The van der Waals surface area contributed by atoms with Crippen molar-refractivity contribution in [3.05, 3.63) is 24.4 Å². The maximum Gasteiger partial charge on any atom is 0.228 e. The van der Waals surface area contributed by atoms with Crippen molar-refractivity contribution in [2.75, 3.05) is 24.2 Å². The molecule has 1 N–H and O–H groups in total. The van der Waals surface area contributed by atoms with Crippen LogP contribution in [0.4, 0.5) is 5.69 Å². The molecule has 1 aromatic heterocycles. The summed E-state index contributed by atoms with van der Waals surface area (Å²) >= 11 is 1.41. The van der Waals surface area contributed by atoms with Crippen molar-refractivity contribution in [3.8, 4) is 0 Å². The van der Waals surface area contributed by atoms with Gasteiger partial charge in [0, 0.05) is 30.4 Å². The van der Waals surface area contributed by atoms with Crippen LogP contribution in [-0.4, -0.2) is 41.8 Å². The number of fused-ring (bicyclic) bond motifs is 1. The Bertz CT molecular complexity index is 816. The molecule has 6 nitrogen and oxygen atoms in total. The maximum absolute atomic E-state index is 12.5. The molecule has 2 aromatic rings. The first-order valence-corrected chi connectivity index (χ1v) is 10.0. The largest absolute Gasteiger partial charge is 0.326 e. The van der Waals surface area contributed by atoms with Crippen molar-refractivity contribution in [1.82, 2.24) is 8.68 Å². The van der Waals surface area contributed by atoms with Crippen molar-refractivity contribution in [2.24, 2.45) is 5.92 Å².